The average molecular weight is 428 g/mol. The smallest absolute Gasteiger partial charge is 0.243 e. The Morgan fingerprint density at radius 3 is 2.61 bits per heavy atom. The van der Waals surface area contributed by atoms with Crippen molar-refractivity contribution >= 4 is 33.4 Å². The molecule has 1 fully saturated rings. The van der Waals surface area contributed by atoms with Crippen LogP contribution in [0.2, 0.25) is 0 Å². The fraction of sp³-hybridized carbons (Fsp3) is 0.650. The van der Waals surface area contributed by atoms with E-state index in [0.717, 1.165) is 25.3 Å². The summed E-state index contributed by atoms with van der Waals surface area (Å²) in [5.74, 6) is 0.934. The Labute approximate surface area is 174 Å². The van der Waals surface area contributed by atoms with Gasteiger partial charge in [-0.1, -0.05) is 26.8 Å². The number of benzene rings is 1. The van der Waals surface area contributed by atoms with Gasteiger partial charge in [0.2, 0.25) is 15.9 Å². The number of hydrogen-bond acceptors (Lipinski definition) is 5. The number of amides is 1. The third kappa shape index (κ3) is 5.28. The minimum absolute atomic E-state index is 0.100. The molecule has 6 nitrogen and oxygen atoms in total. The van der Waals surface area contributed by atoms with Crippen LogP contribution < -0.4 is 5.32 Å². The van der Waals surface area contributed by atoms with Crippen LogP contribution in [0.5, 0.6) is 0 Å². The van der Waals surface area contributed by atoms with Crippen molar-refractivity contribution in [2.24, 2.45) is 0 Å². The van der Waals surface area contributed by atoms with Gasteiger partial charge in [-0.2, -0.15) is 16.1 Å². The molecule has 0 saturated carbocycles. The number of aryl methyl sites for hydroxylation is 1. The summed E-state index contributed by atoms with van der Waals surface area (Å²) in [6.45, 7) is 12.1. The normalized spacial score (nSPS) is 19.6. The summed E-state index contributed by atoms with van der Waals surface area (Å²) in [5, 5.41) is 3.48. The third-order valence-electron chi connectivity index (χ3n) is 5.33. The van der Waals surface area contributed by atoms with Crippen molar-refractivity contribution in [1.82, 2.24) is 9.21 Å². The van der Waals surface area contributed by atoms with Gasteiger partial charge in [0.05, 0.1) is 10.9 Å². The fourth-order valence-corrected chi connectivity index (χ4v) is 6.33. The lowest BCUT2D eigenvalue weighted by molar-refractivity contribution is -0.120. The summed E-state index contributed by atoms with van der Waals surface area (Å²) in [4.78, 5) is 15.2. The first-order chi connectivity index (χ1) is 13.2. The summed E-state index contributed by atoms with van der Waals surface area (Å²) in [6, 6.07) is 4.84. The van der Waals surface area contributed by atoms with Crippen LogP contribution in [-0.4, -0.2) is 66.8 Å². The standard InChI is InChI=1S/C20H33N3O3S2/c1-6-18-14-22(11-12-27-18)16(5)20(24)21-17-10-9-15(4)19(13-17)28(25,26)23(7-2)8-3/h9-10,13,16,18H,6-8,11-12,14H2,1-5H3,(H,21,24)/t16-,18-/m0/s1. The van der Waals surface area contributed by atoms with Gasteiger partial charge in [0.1, 0.15) is 0 Å². The molecule has 1 aliphatic heterocycles. The van der Waals surface area contributed by atoms with Gasteiger partial charge < -0.3 is 5.32 Å². The summed E-state index contributed by atoms with van der Waals surface area (Å²) in [7, 11) is -3.57. The SMILES string of the molecule is CC[C@H]1CN([C@@H](C)C(=O)Nc2ccc(C)c(S(=O)(=O)N(CC)CC)c2)CCS1. The molecule has 2 atom stereocenters. The highest BCUT2D eigenvalue weighted by molar-refractivity contribution is 8.00. The number of sulfonamides is 1. The number of nitrogens with one attached hydrogen (secondary N) is 1. The van der Waals surface area contributed by atoms with Crippen LogP contribution in [0.25, 0.3) is 0 Å². The summed E-state index contributed by atoms with van der Waals surface area (Å²) in [5.41, 5.74) is 1.20. The van der Waals surface area contributed by atoms with E-state index in [9.17, 15) is 13.2 Å². The fourth-order valence-electron chi connectivity index (χ4n) is 3.41. The second kappa shape index (κ2) is 10.1. The summed E-state index contributed by atoms with van der Waals surface area (Å²) < 4.78 is 27.2. The number of nitrogens with zero attached hydrogens (tertiary/aromatic N) is 2. The monoisotopic (exact) mass is 427 g/mol. The molecule has 0 bridgehead atoms. The number of carbonyl (C=O) groups excluding carboxylic acids is 1. The van der Waals surface area contributed by atoms with Crippen molar-refractivity contribution in [3.8, 4) is 0 Å². The van der Waals surface area contributed by atoms with Gasteiger partial charge in [0, 0.05) is 42.9 Å². The number of hydrogen-bond donors (Lipinski definition) is 1. The van der Waals surface area contributed by atoms with Gasteiger partial charge in [-0.05, 0) is 38.0 Å². The highest BCUT2D eigenvalue weighted by Crippen LogP contribution is 2.25. The largest absolute Gasteiger partial charge is 0.325 e. The molecule has 28 heavy (non-hydrogen) atoms. The van der Waals surface area contributed by atoms with E-state index in [-0.39, 0.29) is 16.8 Å². The summed E-state index contributed by atoms with van der Waals surface area (Å²) in [6.07, 6.45) is 1.10. The second-order valence-electron chi connectivity index (χ2n) is 7.13. The zero-order valence-electron chi connectivity index (χ0n) is 17.6. The van der Waals surface area contributed by atoms with E-state index in [1.54, 1.807) is 25.1 Å². The van der Waals surface area contributed by atoms with Gasteiger partial charge >= 0.3 is 0 Å². The van der Waals surface area contributed by atoms with Gasteiger partial charge in [-0.15, -0.1) is 0 Å². The lowest BCUT2D eigenvalue weighted by Crippen LogP contribution is -2.48. The molecular weight excluding hydrogens is 394 g/mol. The molecule has 1 amide bonds. The molecule has 158 valence electrons. The van der Waals surface area contributed by atoms with Crippen LogP contribution in [0.1, 0.15) is 39.7 Å². The molecule has 0 aromatic heterocycles. The predicted octanol–water partition coefficient (Wildman–Crippen LogP) is 3.18. The van der Waals surface area contributed by atoms with Crippen molar-refractivity contribution in [3.63, 3.8) is 0 Å². The first-order valence-corrected chi connectivity index (χ1v) is 12.5. The van der Waals surface area contributed by atoms with Crippen LogP contribution in [0.3, 0.4) is 0 Å². The van der Waals surface area contributed by atoms with Crippen LogP contribution in [0.4, 0.5) is 5.69 Å². The first kappa shape index (κ1) is 23.2. The lowest BCUT2D eigenvalue weighted by atomic mass is 10.2. The Kier molecular flexibility index (Phi) is 8.36. The van der Waals surface area contributed by atoms with Crippen LogP contribution in [0.15, 0.2) is 23.1 Å². The molecule has 8 heteroatoms. The van der Waals surface area contributed by atoms with Crippen LogP contribution in [-0.2, 0) is 14.8 Å². The molecule has 1 aliphatic rings. The van der Waals surface area contributed by atoms with E-state index < -0.39 is 10.0 Å². The Balaban J connectivity index is 2.17. The maximum absolute atomic E-state index is 12.9. The van der Waals surface area contributed by atoms with Gasteiger partial charge in [0.25, 0.3) is 0 Å². The highest BCUT2D eigenvalue weighted by Gasteiger charge is 2.28. The zero-order valence-corrected chi connectivity index (χ0v) is 19.2. The highest BCUT2D eigenvalue weighted by atomic mass is 32.2. The van der Waals surface area contributed by atoms with Gasteiger partial charge in [0.15, 0.2) is 0 Å². The molecule has 1 heterocycles. The minimum Gasteiger partial charge on any atom is -0.325 e. The van der Waals surface area contributed by atoms with E-state index >= 15 is 0 Å². The minimum atomic E-state index is -3.57. The van der Waals surface area contributed by atoms with Crippen LogP contribution in [0, 0.1) is 6.92 Å². The van der Waals surface area contributed by atoms with Crippen molar-refractivity contribution in [2.45, 2.75) is 57.2 Å². The number of anilines is 1. The van der Waals surface area contributed by atoms with E-state index in [2.05, 4.69) is 17.1 Å². The Bertz CT molecular complexity index is 779. The van der Waals surface area contributed by atoms with Gasteiger partial charge in [-0.25, -0.2) is 8.42 Å². The second-order valence-corrected chi connectivity index (χ2v) is 10.4. The van der Waals surface area contributed by atoms with Crippen molar-refractivity contribution < 1.29 is 13.2 Å². The Morgan fingerprint density at radius 1 is 1.32 bits per heavy atom. The third-order valence-corrected chi connectivity index (χ3v) is 8.90. The summed E-state index contributed by atoms with van der Waals surface area (Å²) >= 11 is 1.97. The van der Waals surface area contributed by atoms with E-state index in [1.807, 2.05) is 32.5 Å². The van der Waals surface area contributed by atoms with Crippen molar-refractivity contribution in [3.05, 3.63) is 23.8 Å². The number of thioether (sulfide) groups is 1. The quantitative estimate of drug-likeness (QED) is 0.690. The molecule has 1 aromatic rings. The molecule has 1 aromatic carbocycles. The van der Waals surface area contributed by atoms with Crippen LogP contribution >= 0.6 is 11.8 Å². The van der Waals surface area contributed by atoms with Crippen molar-refractivity contribution in [1.29, 1.82) is 0 Å². The molecule has 0 aliphatic carbocycles. The predicted molar refractivity (Wildman–Crippen MR) is 117 cm³/mol. The van der Waals surface area contributed by atoms with E-state index in [4.69, 9.17) is 0 Å². The maximum atomic E-state index is 12.9. The average Bonchev–Trinajstić information content (AvgIpc) is 2.69. The molecule has 1 saturated heterocycles. The van der Waals surface area contributed by atoms with Crippen molar-refractivity contribution in [2.75, 3.05) is 37.2 Å². The molecular formula is C20H33N3O3S2. The Morgan fingerprint density at radius 2 is 2.00 bits per heavy atom. The maximum Gasteiger partial charge on any atom is 0.243 e. The molecule has 0 radical (unpaired) electrons. The molecule has 2 rings (SSSR count). The molecule has 1 N–H and O–H groups in total. The zero-order chi connectivity index (χ0) is 20.9. The Hall–Kier alpha value is -1.09. The number of carbonyl (C=O) groups is 1. The van der Waals surface area contributed by atoms with Gasteiger partial charge in [-0.3, -0.25) is 9.69 Å². The van der Waals surface area contributed by atoms with E-state index in [0.29, 0.717) is 29.6 Å². The molecule has 0 spiro atoms. The first-order valence-electron chi connectivity index (χ1n) is 10.0. The van der Waals surface area contributed by atoms with E-state index in [1.165, 1.54) is 4.31 Å². The lowest BCUT2D eigenvalue weighted by Gasteiger charge is -2.35. The number of rotatable bonds is 8. The molecule has 0 unspecified atom stereocenters. The topological polar surface area (TPSA) is 69.7 Å².